The van der Waals surface area contributed by atoms with Gasteiger partial charge in [-0.15, -0.1) is 0 Å². The van der Waals surface area contributed by atoms with Crippen LogP contribution in [0.25, 0.3) is 0 Å². The van der Waals surface area contributed by atoms with Gasteiger partial charge in [-0.2, -0.15) is 0 Å². The minimum absolute atomic E-state index is 0.204. The average Bonchev–Trinajstić information content (AvgIpc) is 2.90. The Morgan fingerprint density at radius 2 is 0.846 bits per heavy atom. The molecule has 0 unspecified atom stereocenters. The van der Waals surface area contributed by atoms with E-state index < -0.39 is 19.2 Å². The molecule has 228 valence electrons. The summed E-state index contributed by atoms with van der Waals surface area (Å²) in [5, 5.41) is 0. The van der Waals surface area contributed by atoms with Crippen molar-refractivity contribution >= 4 is 66.6 Å². The van der Waals surface area contributed by atoms with Gasteiger partial charge in [-0.3, -0.25) is 0 Å². The van der Waals surface area contributed by atoms with Crippen LogP contribution in [-0.2, 0) is 34.8 Å². The van der Waals surface area contributed by atoms with Crippen LogP contribution in [0.5, 0.6) is 0 Å². The molecule has 8 nitrogen and oxygen atoms in total. The van der Waals surface area contributed by atoms with E-state index >= 15 is 0 Å². The molecule has 11 heteroatoms. The van der Waals surface area contributed by atoms with Gasteiger partial charge in [0.1, 0.15) is 0 Å². The maximum absolute atomic E-state index is 12.8. The number of esters is 2. The zero-order valence-corrected chi connectivity index (χ0v) is 29.2. The van der Waals surface area contributed by atoms with E-state index in [-0.39, 0.29) is 36.7 Å². The average molecular weight is 700 g/mol. The van der Waals surface area contributed by atoms with Crippen molar-refractivity contribution < 1.29 is 34.8 Å². The van der Waals surface area contributed by atoms with E-state index in [2.05, 4.69) is 13.8 Å². The zero-order valence-electron chi connectivity index (χ0n) is 24.7. The maximum atomic E-state index is 12.8. The minimum Gasteiger partial charge on any atom is -0.0653 e. The molecular formula is C28H52O8S2Sn. The monoisotopic (exact) mass is 700 g/mol. The second-order valence-corrected chi connectivity index (χ2v) is 21.1. The molecule has 0 heterocycles. The molecule has 0 aliphatic heterocycles. The van der Waals surface area contributed by atoms with E-state index in [0.29, 0.717) is 57.9 Å². The van der Waals surface area contributed by atoms with Crippen LogP contribution < -0.4 is 0 Å². The quantitative estimate of drug-likeness (QED) is 0.0542. The Hall–Kier alpha value is -0.621. The second kappa shape index (κ2) is 26.3. The van der Waals surface area contributed by atoms with Crippen LogP contribution in [0.1, 0.15) is 105 Å². The van der Waals surface area contributed by atoms with Gasteiger partial charge in [0.2, 0.25) is 0 Å². The first kappa shape index (κ1) is 38.4. The van der Waals surface area contributed by atoms with Crippen LogP contribution in [0.3, 0.4) is 0 Å². The number of carbonyl (C=O) groups excluding carboxylic acids is 4. The Labute approximate surface area is 250 Å². The summed E-state index contributed by atoms with van der Waals surface area (Å²) >= 11 is -0.905. The standard InChI is InChI=1S/2C10H18O4S.2C4H9.Sn/c2*1-2-3-6-14-10(13)5-8-15-7-4-9(11)12;2*1-3-4-2;/h2*2-8H2,1H3,(H,11,12);2*1,3-4H2,2H3;/q;;;;+2/p-2. The molecule has 0 atom stereocenters. The minimum atomic E-state index is -3.96. The van der Waals surface area contributed by atoms with Crippen molar-refractivity contribution in [3.8, 4) is 0 Å². The summed E-state index contributed by atoms with van der Waals surface area (Å²) in [6.07, 6.45) is 8.43. The molecule has 0 fully saturated rings. The van der Waals surface area contributed by atoms with Gasteiger partial charge in [-0.25, -0.2) is 0 Å². The first-order valence-electron chi connectivity index (χ1n) is 14.7. The van der Waals surface area contributed by atoms with E-state index in [1.807, 2.05) is 13.8 Å². The van der Waals surface area contributed by atoms with Crippen LogP contribution >= 0.6 is 23.5 Å². The van der Waals surface area contributed by atoms with Crippen LogP contribution in [0, 0.1) is 0 Å². The number of unbranched alkanes of at least 4 members (excludes halogenated alkanes) is 4. The summed E-state index contributed by atoms with van der Waals surface area (Å²) in [5.74, 6) is 1.28. The van der Waals surface area contributed by atoms with Crippen molar-refractivity contribution in [3.63, 3.8) is 0 Å². The molecule has 0 N–H and O–H groups in total. The summed E-state index contributed by atoms with van der Waals surface area (Å²) in [5.41, 5.74) is 0. The third-order valence-corrected chi connectivity index (χ3v) is 17.5. The van der Waals surface area contributed by atoms with E-state index in [1.54, 1.807) is 0 Å². The molecule has 0 saturated carbocycles. The third kappa shape index (κ3) is 22.7. The van der Waals surface area contributed by atoms with Gasteiger partial charge in [-0.1, -0.05) is 13.8 Å². The molecular weight excluding hydrogens is 647 g/mol. The molecule has 0 saturated heterocycles. The molecule has 0 spiro atoms. The summed E-state index contributed by atoms with van der Waals surface area (Å²) in [6.45, 7) is 9.17. The number of hydrogen-bond donors (Lipinski definition) is 0. The van der Waals surface area contributed by atoms with Crippen LogP contribution in [0.4, 0.5) is 0 Å². The van der Waals surface area contributed by atoms with Crippen LogP contribution in [0.2, 0.25) is 8.87 Å². The van der Waals surface area contributed by atoms with E-state index in [1.165, 1.54) is 23.5 Å². The summed E-state index contributed by atoms with van der Waals surface area (Å²) < 4.78 is 23.8. The fourth-order valence-electron chi connectivity index (χ4n) is 3.39. The fourth-order valence-corrected chi connectivity index (χ4v) is 15.1. The van der Waals surface area contributed by atoms with Gasteiger partial charge in [0.15, 0.2) is 0 Å². The molecule has 0 aromatic carbocycles. The Morgan fingerprint density at radius 3 is 1.18 bits per heavy atom. The first-order chi connectivity index (χ1) is 18.8. The predicted octanol–water partition coefficient (Wildman–Crippen LogP) is 6.83. The van der Waals surface area contributed by atoms with Crippen molar-refractivity contribution in [1.29, 1.82) is 0 Å². The van der Waals surface area contributed by atoms with Crippen molar-refractivity contribution in [2.45, 2.75) is 114 Å². The van der Waals surface area contributed by atoms with E-state index in [0.717, 1.165) is 51.4 Å². The molecule has 0 amide bonds. The zero-order chi connectivity index (χ0) is 29.2. The molecule has 0 rings (SSSR count). The van der Waals surface area contributed by atoms with Crippen molar-refractivity contribution in [2.75, 3.05) is 36.2 Å². The van der Waals surface area contributed by atoms with E-state index in [4.69, 9.17) is 15.6 Å². The molecule has 0 radical (unpaired) electrons. The summed E-state index contributed by atoms with van der Waals surface area (Å²) in [6, 6.07) is 0. The van der Waals surface area contributed by atoms with Crippen molar-refractivity contribution in [2.24, 2.45) is 0 Å². The third-order valence-electron chi connectivity index (χ3n) is 5.75. The van der Waals surface area contributed by atoms with Crippen molar-refractivity contribution in [1.82, 2.24) is 0 Å². The van der Waals surface area contributed by atoms with Crippen LogP contribution in [0.15, 0.2) is 0 Å². The molecule has 0 aliphatic carbocycles. The topological polar surface area (TPSA) is 105 Å². The van der Waals surface area contributed by atoms with Gasteiger partial charge < -0.3 is 0 Å². The number of thioether (sulfide) groups is 2. The predicted molar refractivity (Wildman–Crippen MR) is 162 cm³/mol. The fraction of sp³-hybridized carbons (Fsp3) is 0.857. The number of ether oxygens (including phenoxy) is 2. The van der Waals surface area contributed by atoms with Gasteiger partial charge >= 0.3 is 237 Å². The Kier molecular flexibility index (Phi) is 25.9. The van der Waals surface area contributed by atoms with Gasteiger partial charge in [0.25, 0.3) is 0 Å². The molecule has 0 aromatic heterocycles. The van der Waals surface area contributed by atoms with Crippen LogP contribution in [-0.4, -0.2) is 79.3 Å². The smallest absolute Gasteiger partial charge is 0.0653 e. The van der Waals surface area contributed by atoms with Gasteiger partial charge in [-0.05, 0) is 0 Å². The summed E-state index contributed by atoms with van der Waals surface area (Å²) in [4.78, 5) is 49.0. The molecule has 0 aromatic rings. The number of carbonyl (C=O) groups is 4. The van der Waals surface area contributed by atoms with Gasteiger partial charge in [0, 0.05) is 0 Å². The number of rotatable bonds is 26. The normalized spacial score (nSPS) is 11.2. The molecule has 39 heavy (non-hydrogen) atoms. The van der Waals surface area contributed by atoms with Crippen molar-refractivity contribution in [3.05, 3.63) is 0 Å². The second-order valence-electron chi connectivity index (χ2n) is 9.44. The van der Waals surface area contributed by atoms with E-state index in [9.17, 15) is 19.2 Å². The molecule has 0 bridgehead atoms. The first-order valence-corrected chi connectivity index (χ1v) is 23.4. The Balaban J connectivity index is 4.65. The Morgan fingerprint density at radius 1 is 0.513 bits per heavy atom. The van der Waals surface area contributed by atoms with Gasteiger partial charge in [0.05, 0.1) is 0 Å². The SMILES string of the molecule is CCCCOC(=O)CCSCCC(=O)[O][Sn]([CH2]CCC)([CH2]CCC)[O]C(=O)CCSCCC(=O)OCCCC. The summed E-state index contributed by atoms with van der Waals surface area (Å²) in [7, 11) is 0. The number of hydrogen-bond acceptors (Lipinski definition) is 10. The molecule has 0 aliphatic rings. The Bertz CT molecular complexity index is 622.